The van der Waals surface area contributed by atoms with Crippen molar-refractivity contribution in [2.24, 2.45) is 5.92 Å². The summed E-state index contributed by atoms with van der Waals surface area (Å²) in [5.74, 6) is 0.0429. The monoisotopic (exact) mass is 445 g/mol. The van der Waals surface area contributed by atoms with E-state index in [4.69, 9.17) is 10.1 Å². The fourth-order valence-corrected chi connectivity index (χ4v) is 5.43. The first-order chi connectivity index (χ1) is 15.5. The molecule has 7 heteroatoms. The Bertz CT molecular complexity index is 1260. The third-order valence-electron chi connectivity index (χ3n) is 6.17. The van der Waals surface area contributed by atoms with Crippen LogP contribution in [0.25, 0.3) is 16.0 Å². The van der Waals surface area contributed by atoms with E-state index >= 15 is 0 Å². The quantitative estimate of drug-likeness (QED) is 0.465. The summed E-state index contributed by atoms with van der Waals surface area (Å²) in [7, 11) is 0. The van der Waals surface area contributed by atoms with Gasteiger partial charge < -0.3 is 10.2 Å². The average molecular weight is 446 g/mol. The van der Waals surface area contributed by atoms with Crippen LogP contribution in [0, 0.1) is 26.7 Å². The number of carbonyl (C=O) groups excluding carboxylic acids is 1. The van der Waals surface area contributed by atoms with Crippen LogP contribution in [0.4, 0.5) is 10.8 Å². The molecule has 164 valence electrons. The van der Waals surface area contributed by atoms with Gasteiger partial charge in [-0.3, -0.25) is 4.79 Å². The molecule has 1 amide bonds. The van der Waals surface area contributed by atoms with E-state index in [0.29, 0.717) is 6.54 Å². The molecule has 4 aromatic rings. The second-order valence-corrected chi connectivity index (χ2v) is 9.50. The van der Waals surface area contributed by atoms with Crippen LogP contribution in [-0.2, 0) is 4.79 Å². The lowest BCUT2D eigenvalue weighted by atomic mass is 9.97. The van der Waals surface area contributed by atoms with Crippen LogP contribution in [0.5, 0.6) is 0 Å². The van der Waals surface area contributed by atoms with E-state index in [0.717, 1.165) is 63.1 Å². The van der Waals surface area contributed by atoms with E-state index in [1.54, 1.807) is 11.3 Å². The van der Waals surface area contributed by atoms with Gasteiger partial charge in [0.1, 0.15) is 0 Å². The van der Waals surface area contributed by atoms with E-state index in [2.05, 4.69) is 10.2 Å². The Hall–Kier alpha value is -3.19. The van der Waals surface area contributed by atoms with Crippen LogP contribution < -0.4 is 10.2 Å². The highest BCUT2D eigenvalue weighted by molar-refractivity contribution is 7.22. The molecule has 1 aliphatic rings. The van der Waals surface area contributed by atoms with Crippen LogP contribution in [0.15, 0.2) is 48.5 Å². The smallest absolute Gasteiger partial charge is 0.229 e. The predicted octanol–water partition coefficient (Wildman–Crippen LogP) is 5.26. The molecule has 2 aromatic heterocycles. The lowest BCUT2D eigenvalue weighted by Gasteiger charge is -2.32. The first-order valence-electron chi connectivity index (χ1n) is 11.0. The topological polar surface area (TPSA) is 63.1 Å². The molecule has 0 radical (unpaired) electrons. The number of carbonyl (C=O) groups is 1. The van der Waals surface area contributed by atoms with Crippen molar-refractivity contribution in [1.29, 1.82) is 0 Å². The summed E-state index contributed by atoms with van der Waals surface area (Å²) < 4.78 is 3.02. The van der Waals surface area contributed by atoms with Crippen LogP contribution in [-0.4, -0.2) is 33.8 Å². The molecule has 2 aromatic carbocycles. The van der Waals surface area contributed by atoms with Crippen molar-refractivity contribution < 1.29 is 4.79 Å². The number of para-hydroxylation sites is 2. The number of aryl methyl sites for hydroxylation is 3. The van der Waals surface area contributed by atoms with Gasteiger partial charge in [0.05, 0.1) is 22.0 Å². The van der Waals surface area contributed by atoms with Crippen LogP contribution >= 0.6 is 11.3 Å². The number of hydrogen-bond acceptors (Lipinski definition) is 5. The second kappa shape index (κ2) is 8.39. The Morgan fingerprint density at radius 1 is 1.06 bits per heavy atom. The van der Waals surface area contributed by atoms with Crippen molar-refractivity contribution >= 4 is 38.4 Å². The molecule has 0 saturated carbocycles. The Morgan fingerprint density at radius 2 is 1.81 bits per heavy atom. The van der Waals surface area contributed by atoms with E-state index in [9.17, 15) is 4.79 Å². The number of nitrogens with zero attached hydrogens (tertiary/aromatic N) is 4. The molecule has 6 nitrogen and oxygen atoms in total. The highest BCUT2D eigenvalue weighted by Gasteiger charge is 2.29. The molecule has 1 unspecified atom stereocenters. The molecule has 0 spiro atoms. The average Bonchev–Trinajstić information content (AvgIpc) is 3.38. The van der Waals surface area contributed by atoms with Gasteiger partial charge in [0.2, 0.25) is 5.91 Å². The minimum atomic E-state index is -0.0542. The first-order valence-corrected chi connectivity index (χ1v) is 11.9. The number of rotatable bonds is 4. The highest BCUT2D eigenvalue weighted by atomic mass is 32.1. The second-order valence-electron chi connectivity index (χ2n) is 8.52. The Morgan fingerprint density at radius 3 is 2.56 bits per heavy atom. The number of nitrogens with one attached hydrogen (secondary N) is 1. The van der Waals surface area contributed by atoms with Crippen LogP contribution in [0.2, 0.25) is 0 Å². The van der Waals surface area contributed by atoms with Crippen molar-refractivity contribution in [2.45, 2.75) is 33.6 Å². The number of benzene rings is 2. The molecule has 0 bridgehead atoms. The SMILES string of the molecule is Cc1cccc(C)c1NC(=O)C1CCCN(c2nc3c(s2)c(C)nn3-c2ccccc2)C1. The lowest BCUT2D eigenvalue weighted by Crippen LogP contribution is -2.40. The normalized spacial score (nSPS) is 16.5. The van der Waals surface area contributed by atoms with Crippen molar-refractivity contribution in [3.05, 3.63) is 65.4 Å². The summed E-state index contributed by atoms with van der Waals surface area (Å²) >= 11 is 1.67. The largest absolute Gasteiger partial charge is 0.347 e. The van der Waals surface area contributed by atoms with E-state index in [1.165, 1.54) is 0 Å². The maximum atomic E-state index is 13.1. The third kappa shape index (κ3) is 3.77. The summed E-state index contributed by atoms with van der Waals surface area (Å²) in [6.07, 6.45) is 1.87. The van der Waals surface area contributed by atoms with E-state index in [-0.39, 0.29) is 11.8 Å². The lowest BCUT2D eigenvalue weighted by molar-refractivity contribution is -0.120. The molecule has 32 heavy (non-hydrogen) atoms. The Kier molecular flexibility index (Phi) is 5.43. The summed E-state index contributed by atoms with van der Waals surface area (Å²) in [5.41, 5.74) is 6.00. The predicted molar refractivity (Wildman–Crippen MR) is 131 cm³/mol. The molecular formula is C25H27N5OS. The molecule has 3 heterocycles. The number of thiazole rings is 1. The van der Waals surface area contributed by atoms with Crippen LogP contribution in [0.1, 0.15) is 29.7 Å². The summed E-state index contributed by atoms with van der Waals surface area (Å²) in [6, 6.07) is 16.2. The van der Waals surface area contributed by atoms with Gasteiger partial charge in [0, 0.05) is 18.8 Å². The minimum absolute atomic E-state index is 0.0542. The molecular weight excluding hydrogens is 418 g/mol. The van der Waals surface area contributed by atoms with E-state index in [1.807, 2.05) is 74.0 Å². The number of piperidine rings is 1. The molecule has 1 atom stereocenters. The molecule has 5 rings (SSSR count). The fourth-order valence-electron chi connectivity index (χ4n) is 4.41. The number of amides is 1. The maximum absolute atomic E-state index is 13.1. The van der Waals surface area contributed by atoms with Gasteiger partial charge in [-0.1, -0.05) is 47.7 Å². The Labute approximate surface area is 191 Å². The standard InChI is InChI=1S/C25H27N5OS/c1-16-9-7-10-17(2)21(16)26-24(31)19-11-8-14-29(15-19)25-27-23-22(32-25)18(3)28-30(23)20-12-5-4-6-13-20/h4-7,9-10,12-13,19H,8,11,14-15H2,1-3H3,(H,26,31). The van der Waals surface area contributed by atoms with Gasteiger partial charge in [-0.25, -0.2) is 4.68 Å². The van der Waals surface area contributed by atoms with Crippen LogP contribution in [0.3, 0.4) is 0 Å². The molecule has 1 aliphatic heterocycles. The van der Waals surface area contributed by atoms with Gasteiger partial charge in [-0.05, 0) is 56.9 Å². The summed E-state index contributed by atoms with van der Waals surface area (Å²) in [6.45, 7) is 7.71. The zero-order chi connectivity index (χ0) is 22.2. The van der Waals surface area contributed by atoms with Gasteiger partial charge in [-0.2, -0.15) is 10.1 Å². The van der Waals surface area contributed by atoms with Gasteiger partial charge in [-0.15, -0.1) is 0 Å². The van der Waals surface area contributed by atoms with Gasteiger partial charge >= 0.3 is 0 Å². The zero-order valence-electron chi connectivity index (χ0n) is 18.6. The molecule has 1 fully saturated rings. The molecule has 1 saturated heterocycles. The van der Waals surface area contributed by atoms with Crippen molar-refractivity contribution in [3.63, 3.8) is 0 Å². The molecule has 1 N–H and O–H groups in total. The zero-order valence-corrected chi connectivity index (χ0v) is 19.4. The summed E-state index contributed by atoms with van der Waals surface area (Å²) in [4.78, 5) is 20.3. The molecule has 0 aliphatic carbocycles. The van der Waals surface area contributed by atoms with Crippen molar-refractivity contribution in [3.8, 4) is 5.69 Å². The number of anilines is 2. The van der Waals surface area contributed by atoms with Gasteiger partial charge in [0.15, 0.2) is 10.8 Å². The van der Waals surface area contributed by atoms with Crippen molar-refractivity contribution in [1.82, 2.24) is 14.8 Å². The van der Waals surface area contributed by atoms with Gasteiger partial charge in [0.25, 0.3) is 0 Å². The maximum Gasteiger partial charge on any atom is 0.229 e. The Balaban J connectivity index is 1.38. The minimum Gasteiger partial charge on any atom is -0.347 e. The third-order valence-corrected chi connectivity index (χ3v) is 7.38. The highest BCUT2D eigenvalue weighted by Crippen LogP contribution is 2.34. The number of fused-ring (bicyclic) bond motifs is 1. The number of hydrogen-bond donors (Lipinski definition) is 1. The van der Waals surface area contributed by atoms with Crippen molar-refractivity contribution in [2.75, 3.05) is 23.3 Å². The first kappa shape index (κ1) is 20.7. The number of aromatic nitrogens is 3. The van der Waals surface area contributed by atoms with E-state index < -0.39 is 0 Å². The summed E-state index contributed by atoms with van der Waals surface area (Å²) in [5, 5.41) is 8.85. The fraction of sp³-hybridized carbons (Fsp3) is 0.320.